The highest BCUT2D eigenvalue weighted by Gasteiger charge is 2.29. The number of aliphatic hydroxyl groups is 1. The molecule has 1 aromatic carbocycles. The molecule has 1 aromatic rings. The third-order valence-corrected chi connectivity index (χ3v) is 4.10. The molecule has 2 N–H and O–H groups in total. The molecule has 1 saturated carbocycles. The fourth-order valence-electron chi connectivity index (χ4n) is 2.80. The molecule has 0 atom stereocenters. The Hall–Kier alpha value is -1.75. The molecule has 0 aromatic heterocycles. The van der Waals surface area contributed by atoms with Crippen molar-refractivity contribution in [1.29, 1.82) is 0 Å². The number of hydrogen-bond donors (Lipinski definition) is 2. The molecule has 128 valence electrons. The summed E-state index contributed by atoms with van der Waals surface area (Å²) in [4.78, 5) is 13.9. The average Bonchev–Trinajstić information content (AvgIpc) is 2.43. The molecule has 0 bridgehead atoms. The van der Waals surface area contributed by atoms with Crippen LogP contribution in [0, 0.1) is 12.8 Å². The van der Waals surface area contributed by atoms with Gasteiger partial charge in [-0.2, -0.15) is 0 Å². The number of nitrogens with one attached hydrogen (secondary N) is 1. The summed E-state index contributed by atoms with van der Waals surface area (Å²) in [6, 6.07) is 5.92. The van der Waals surface area contributed by atoms with Gasteiger partial charge in [0.15, 0.2) is 0 Å². The summed E-state index contributed by atoms with van der Waals surface area (Å²) in [5, 5.41) is 12.3. The summed E-state index contributed by atoms with van der Waals surface area (Å²) in [5.74, 6) is 1.24. The third kappa shape index (κ3) is 5.13. The smallest absolute Gasteiger partial charge is 0.317 e. The van der Waals surface area contributed by atoms with Gasteiger partial charge in [-0.15, -0.1) is 0 Å². The van der Waals surface area contributed by atoms with Crippen LogP contribution in [0.5, 0.6) is 5.75 Å². The van der Waals surface area contributed by atoms with Crippen LogP contribution < -0.4 is 10.1 Å². The summed E-state index contributed by atoms with van der Waals surface area (Å²) < 4.78 is 5.83. The Kier molecular flexibility index (Phi) is 5.88. The molecule has 0 saturated heterocycles. The zero-order valence-electron chi connectivity index (χ0n) is 14.5. The van der Waals surface area contributed by atoms with Crippen molar-refractivity contribution in [1.82, 2.24) is 10.2 Å². The predicted molar refractivity (Wildman–Crippen MR) is 90.5 cm³/mol. The van der Waals surface area contributed by atoms with E-state index in [4.69, 9.17) is 4.74 Å². The fourth-order valence-corrected chi connectivity index (χ4v) is 2.80. The molecule has 1 aliphatic carbocycles. The first-order valence-corrected chi connectivity index (χ1v) is 8.28. The molecule has 0 radical (unpaired) electrons. The van der Waals surface area contributed by atoms with E-state index in [9.17, 15) is 9.90 Å². The van der Waals surface area contributed by atoms with Gasteiger partial charge < -0.3 is 20.1 Å². The van der Waals surface area contributed by atoms with E-state index < -0.39 is 0 Å². The van der Waals surface area contributed by atoms with Crippen molar-refractivity contribution >= 4 is 6.03 Å². The molecule has 5 heteroatoms. The van der Waals surface area contributed by atoms with E-state index in [1.165, 1.54) is 0 Å². The van der Waals surface area contributed by atoms with Gasteiger partial charge in [0.1, 0.15) is 5.75 Å². The molecule has 5 nitrogen and oxygen atoms in total. The molecule has 0 unspecified atom stereocenters. The molecule has 23 heavy (non-hydrogen) atoms. The van der Waals surface area contributed by atoms with Crippen LogP contribution >= 0.6 is 0 Å². The zero-order valence-corrected chi connectivity index (χ0v) is 14.5. The summed E-state index contributed by atoms with van der Waals surface area (Å²) in [6.07, 6.45) is 1.50. The Morgan fingerprint density at radius 1 is 1.43 bits per heavy atom. The Balaban J connectivity index is 1.88. The lowest BCUT2D eigenvalue weighted by atomic mass is 9.82. The van der Waals surface area contributed by atoms with Crippen molar-refractivity contribution in [3.8, 4) is 5.75 Å². The van der Waals surface area contributed by atoms with E-state index in [0.717, 1.165) is 29.7 Å². The van der Waals surface area contributed by atoms with Crippen molar-refractivity contribution in [3.63, 3.8) is 0 Å². The number of rotatable bonds is 6. The monoisotopic (exact) mass is 320 g/mol. The van der Waals surface area contributed by atoms with Crippen LogP contribution in [0.4, 0.5) is 4.79 Å². The zero-order chi connectivity index (χ0) is 17.0. The maximum Gasteiger partial charge on any atom is 0.317 e. The Morgan fingerprint density at radius 3 is 2.74 bits per heavy atom. The fraction of sp³-hybridized carbons (Fsp3) is 0.611. The van der Waals surface area contributed by atoms with Gasteiger partial charge >= 0.3 is 6.03 Å². The molecule has 0 spiro atoms. The minimum atomic E-state index is -0.181. The van der Waals surface area contributed by atoms with E-state index in [1.54, 1.807) is 11.9 Å². The Labute approximate surface area is 138 Å². The second-order valence-corrected chi connectivity index (χ2v) is 6.81. The van der Waals surface area contributed by atoms with Gasteiger partial charge in [0.25, 0.3) is 0 Å². The van der Waals surface area contributed by atoms with E-state index >= 15 is 0 Å². The van der Waals surface area contributed by atoms with Gasteiger partial charge in [-0.1, -0.05) is 12.1 Å². The van der Waals surface area contributed by atoms with Gasteiger partial charge in [-0.05, 0) is 51.2 Å². The molecule has 0 aliphatic heterocycles. The molecule has 1 aliphatic rings. The van der Waals surface area contributed by atoms with Gasteiger partial charge in [0.2, 0.25) is 0 Å². The first-order chi connectivity index (χ1) is 10.8. The highest BCUT2D eigenvalue weighted by atomic mass is 16.5. The summed E-state index contributed by atoms with van der Waals surface area (Å²) in [5.41, 5.74) is 2.11. The normalized spacial score (nSPS) is 20.1. The van der Waals surface area contributed by atoms with Crippen molar-refractivity contribution in [3.05, 3.63) is 29.3 Å². The number of nitrogens with zero attached hydrogens (tertiary/aromatic N) is 1. The lowest BCUT2D eigenvalue weighted by Crippen LogP contribution is -2.43. The summed E-state index contributed by atoms with van der Waals surface area (Å²) in [6.45, 7) is 7.14. The van der Waals surface area contributed by atoms with Crippen molar-refractivity contribution < 1.29 is 14.6 Å². The van der Waals surface area contributed by atoms with Crippen LogP contribution in [0.2, 0.25) is 0 Å². The highest BCUT2D eigenvalue weighted by molar-refractivity contribution is 5.74. The van der Waals surface area contributed by atoms with Crippen LogP contribution in [0.15, 0.2) is 18.2 Å². The number of carbonyl (C=O) groups is 1. The predicted octanol–water partition coefficient (Wildman–Crippen LogP) is 2.69. The van der Waals surface area contributed by atoms with Gasteiger partial charge in [0.05, 0.1) is 12.2 Å². The lowest BCUT2D eigenvalue weighted by Gasteiger charge is -2.34. The first-order valence-electron chi connectivity index (χ1n) is 8.28. The first kappa shape index (κ1) is 17.6. The molecular weight excluding hydrogens is 292 g/mol. The lowest BCUT2D eigenvalue weighted by molar-refractivity contribution is 0.0325. The van der Waals surface area contributed by atoms with Crippen LogP contribution in [-0.2, 0) is 6.54 Å². The minimum Gasteiger partial charge on any atom is -0.491 e. The molecule has 0 heterocycles. The SMILES string of the molecule is Cc1ccc(CNC(=O)N(C)CC2CC(O)C2)c(OC(C)C)c1. The molecule has 2 amide bonds. The van der Waals surface area contributed by atoms with Gasteiger partial charge in [-0.25, -0.2) is 4.79 Å². The molecule has 1 fully saturated rings. The summed E-state index contributed by atoms with van der Waals surface area (Å²) in [7, 11) is 1.79. The van der Waals surface area contributed by atoms with E-state index in [1.807, 2.05) is 39.0 Å². The Bertz CT molecular complexity index is 539. The number of aliphatic hydroxyl groups excluding tert-OH is 1. The number of benzene rings is 1. The maximum atomic E-state index is 12.2. The largest absolute Gasteiger partial charge is 0.491 e. The maximum absolute atomic E-state index is 12.2. The van der Waals surface area contributed by atoms with Crippen LogP contribution in [0.3, 0.4) is 0 Å². The summed E-state index contributed by atoms with van der Waals surface area (Å²) >= 11 is 0. The standard InChI is InChI=1S/C18H28N2O3/c1-12(2)23-17-7-13(3)5-6-15(17)10-19-18(22)20(4)11-14-8-16(21)9-14/h5-7,12,14,16,21H,8-11H2,1-4H3,(H,19,22). The topological polar surface area (TPSA) is 61.8 Å². The second-order valence-electron chi connectivity index (χ2n) is 6.81. The van der Waals surface area contributed by atoms with E-state index in [2.05, 4.69) is 5.32 Å². The van der Waals surface area contributed by atoms with Gasteiger partial charge in [0, 0.05) is 25.7 Å². The number of carbonyl (C=O) groups excluding carboxylic acids is 1. The van der Waals surface area contributed by atoms with Gasteiger partial charge in [-0.3, -0.25) is 0 Å². The number of aryl methyl sites for hydroxylation is 1. The van der Waals surface area contributed by atoms with Crippen LogP contribution in [0.25, 0.3) is 0 Å². The van der Waals surface area contributed by atoms with Crippen LogP contribution in [-0.4, -0.2) is 41.8 Å². The van der Waals surface area contributed by atoms with Crippen molar-refractivity contribution in [2.75, 3.05) is 13.6 Å². The number of ether oxygens (including phenoxy) is 1. The quantitative estimate of drug-likeness (QED) is 0.847. The minimum absolute atomic E-state index is 0.0949. The Morgan fingerprint density at radius 2 is 2.13 bits per heavy atom. The molecular formula is C18H28N2O3. The molecule has 2 rings (SSSR count). The van der Waals surface area contributed by atoms with Crippen molar-refractivity contribution in [2.45, 2.75) is 52.4 Å². The third-order valence-electron chi connectivity index (χ3n) is 4.10. The van der Waals surface area contributed by atoms with Crippen molar-refractivity contribution in [2.24, 2.45) is 5.92 Å². The highest BCUT2D eigenvalue weighted by Crippen LogP contribution is 2.27. The second kappa shape index (κ2) is 7.68. The van der Waals surface area contributed by atoms with E-state index in [-0.39, 0.29) is 18.2 Å². The van der Waals surface area contributed by atoms with Crippen LogP contribution in [0.1, 0.15) is 37.8 Å². The van der Waals surface area contributed by atoms with E-state index in [0.29, 0.717) is 19.0 Å². The number of urea groups is 1. The average molecular weight is 320 g/mol. The number of amides is 2. The number of hydrogen-bond acceptors (Lipinski definition) is 3.